The highest BCUT2D eigenvalue weighted by atomic mass is 32.2. The lowest BCUT2D eigenvalue weighted by Crippen LogP contribution is -2.24. The van der Waals surface area contributed by atoms with Crippen molar-refractivity contribution in [2.24, 2.45) is 0 Å². The third-order valence-electron chi connectivity index (χ3n) is 3.26. The summed E-state index contributed by atoms with van der Waals surface area (Å²) in [6.45, 7) is 0. The minimum Gasteiger partial charge on any atom is -0.359 e. The number of aromatic nitrogens is 1. The van der Waals surface area contributed by atoms with E-state index < -0.39 is 11.7 Å². The summed E-state index contributed by atoms with van der Waals surface area (Å²) in [5, 5.41) is 4.06. The maximum atomic E-state index is 12.7. The molecule has 0 amide bonds. The van der Waals surface area contributed by atoms with Gasteiger partial charge in [0.15, 0.2) is 5.13 Å². The van der Waals surface area contributed by atoms with Crippen LogP contribution in [0.25, 0.3) is 10.2 Å². The molecule has 7 heteroatoms. The molecule has 1 N–H and O–H groups in total. The first kappa shape index (κ1) is 14.0. The molecule has 1 aliphatic heterocycles. The maximum absolute atomic E-state index is 12.7. The van der Waals surface area contributed by atoms with Gasteiger partial charge in [0.25, 0.3) is 0 Å². The monoisotopic (exact) mass is 318 g/mol. The van der Waals surface area contributed by atoms with E-state index in [2.05, 4.69) is 10.3 Å². The molecule has 20 heavy (non-hydrogen) atoms. The van der Waals surface area contributed by atoms with E-state index in [1.54, 1.807) is 0 Å². The molecule has 1 aromatic heterocycles. The van der Waals surface area contributed by atoms with Gasteiger partial charge in [0.1, 0.15) is 0 Å². The zero-order chi connectivity index (χ0) is 14.2. The minimum atomic E-state index is -4.31. The van der Waals surface area contributed by atoms with Gasteiger partial charge in [-0.2, -0.15) is 24.9 Å². The van der Waals surface area contributed by atoms with E-state index in [-0.39, 0.29) is 0 Å². The molecule has 1 aliphatic rings. The Labute approximate surface area is 122 Å². The van der Waals surface area contributed by atoms with Gasteiger partial charge in [-0.3, -0.25) is 0 Å². The highest BCUT2D eigenvalue weighted by Gasteiger charge is 2.30. The SMILES string of the molecule is FC(F)(F)c1ccc2sc(NC3CCSCC3)nc2c1. The zero-order valence-corrected chi connectivity index (χ0v) is 12.2. The van der Waals surface area contributed by atoms with E-state index >= 15 is 0 Å². The van der Waals surface area contributed by atoms with Crippen molar-refractivity contribution >= 4 is 38.4 Å². The van der Waals surface area contributed by atoms with Gasteiger partial charge in [-0.15, -0.1) is 0 Å². The molecular formula is C13H13F3N2S2. The van der Waals surface area contributed by atoms with Crippen LogP contribution < -0.4 is 5.32 Å². The number of halogens is 3. The number of nitrogens with zero attached hydrogens (tertiary/aromatic N) is 1. The molecule has 0 aliphatic carbocycles. The summed E-state index contributed by atoms with van der Waals surface area (Å²) >= 11 is 3.35. The van der Waals surface area contributed by atoms with Crippen LogP contribution in [0.1, 0.15) is 18.4 Å². The Balaban J connectivity index is 1.83. The second-order valence-corrected chi connectivity index (χ2v) is 6.99. The van der Waals surface area contributed by atoms with Crippen LogP contribution in [-0.4, -0.2) is 22.5 Å². The fourth-order valence-electron chi connectivity index (χ4n) is 2.18. The van der Waals surface area contributed by atoms with Crippen LogP contribution in [0.15, 0.2) is 18.2 Å². The van der Waals surface area contributed by atoms with Gasteiger partial charge in [-0.05, 0) is 42.5 Å². The van der Waals surface area contributed by atoms with Crippen LogP contribution >= 0.6 is 23.1 Å². The molecule has 108 valence electrons. The van der Waals surface area contributed by atoms with Gasteiger partial charge in [0.2, 0.25) is 0 Å². The van der Waals surface area contributed by atoms with Crippen LogP contribution in [0.2, 0.25) is 0 Å². The first-order chi connectivity index (χ1) is 9.52. The van der Waals surface area contributed by atoms with Gasteiger partial charge < -0.3 is 5.32 Å². The standard InChI is InChI=1S/C13H13F3N2S2/c14-13(15,16)8-1-2-11-10(7-8)18-12(20-11)17-9-3-5-19-6-4-9/h1-2,7,9H,3-6H2,(H,17,18). The first-order valence-electron chi connectivity index (χ1n) is 6.34. The first-order valence-corrected chi connectivity index (χ1v) is 8.31. The maximum Gasteiger partial charge on any atom is 0.416 e. The molecule has 2 nitrogen and oxygen atoms in total. The van der Waals surface area contributed by atoms with Crippen molar-refractivity contribution in [3.05, 3.63) is 23.8 Å². The van der Waals surface area contributed by atoms with Gasteiger partial charge in [0, 0.05) is 6.04 Å². The molecular weight excluding hydrogens is 305 g/mol. The van der Waals surface area contributed by atoms with Crippen LogP contribution in [0, 0.1) is 0 Å². The summed E-state index contributed by atoms with van der Waals surface area (Å²) in [7, 11) is 0. The molecule has 0 atom stereocenters. The smallest absolute Gasteiger partial charge is 0.359 e. The number of thioether (sulfide) groups is 1. The average molecular weight is 318 g/mol. The second-order valence-electron chi connectivity index (χ2n) is 4.73. The van der Waals surface area contributed by atoms with Gasteiger partial charge >= 0.3 is 6.18 Å². The van der Waals surface area contributed by atoms with Crippen LogP contribution in [0.4, 0.5) is 18.3 Å². The third kappa shape index (κ3) is 3.03. The molecule has 3 rings (SSSR count). The number of benzene rings is 1. The lowest BCUT2D eigenvalue weighted by Gasteiger charge is -2.21. The van der Waals surface area contributed by atoms with Gasteiger partial charge in [0.05, 0.1) is 15.8 Å². The minimum absolute atomic E-state index is 0.388. The highest BCUT2D eigenvalue weighted by molar-refractivity contribution is 7.99. The lowest BCUT2D eigenvalue weighted by molar-refractivity contribution is -0.137. The number of anilines is 1. The van der Waals surface area contributed by atoms with E-state index in [0.717, 1.165) is 46.3 Å². The van der Waals surface area contributed by atoms with Crippen molar-refractivity contribution < 1.29 is 13.2 Å². The van der Waals surface area contributed by atoms with Gasteiger partial charge in [-0.25, -0.2) is 4.98 Å². The topological polar surface area (TPSA) is 24.9 Å². The number of rotatable bonds is 2. The van der Waals surface area contributed by atoms with Crippen LogP contribution in [0.5, 0.6) is 0 Å². The fourth-order valence-corrected chi connectivity index (χ4v) is 4.21. The summed E-state index contributed by atoms with van der Waals surface area (Å²) < 4.78 is 38.7. The van der Waals surface area contributed by atoms with Crippen molar-refractivity contribution in [3.63, 3.8) is 0 Å². The van der Waals surface area contributed by atoms with E-state index in [9.17, 15) is 13.2 Å². The van der Waals surface area contributed by atoms with Crippen molar-refractivity contribution in [1.82, 2.24) is 4.98 Å². The molecule has 0 radical (unpaired) electrons. The van der Waals surface area contributed by atoms with Crippen LogP contribution in [-0.2, 0) is 6.18 Å². The molecule has 2 heterocycles. The summed E-state index contributed by atoms with van der Waals surface area (Å²) in [6.07, 6.45) is -2.16. The number of thiazole rings is 1. The Bertz CT molecular complexity index is 603. The number of nitrogens with one attached hydrogen (secondary N) is 1. The molecule has 1 aromatic carbocycles. The Hall–Kier alpha value is -0.950. The Kier molecular flexibility index (Phi) is 3.81. The van der Waals surface area contributed by atoms with Crippen molar-refractivity contribution in [3.8, 4) is 0 Å². The molecule has 1 saturated heterocycles. The summed E-state index contributed by atoms with van der Waals surface area (Å²) in [6, 6.07) is 4.12. The summed E-state index contributed by atoms with van der Waals surface area (Å²) in [5.74, 6) is 2.25. The third-order valence-corrected chi connectivity index (χ3v) is 5.28. The quantitative estimate of drug-likeness (QED) is 0.874. The lowest BCUT2D eigenvalue weighted by atomic mass is 10.2. The second kappa shape index (κ2) is 5.44. The molecule has 0 bridgehead atoms. The van der Waals surface area contributed by atoms with E-state index in [1.807, 2.05) is 11.8 Å². The highest BCUT2D eigenvalue weighted by Crippen LogP contribution is 2.34. The zero-order valence-electron chi connectivity index (χ0n) is 10.5. The van der Waals surface area contributed by atoms with Gasteiger partial charge in [-0.1, -0.05) is 11.3 Å². The molecule has 0 saturated carbocycles. The Morgan fingerprint density at radius 2 is 1.95 bits per heavy atom. The Morgan fingerprint density at radius 1 is 1.20 bits per heavy atom. The fraction of sp³-hybridized carbons (Fsp3) is 0.462. The molecule has 0 unspecified atom stereocenters. The number of hydrogen-bond acceptors (Lipinski definition) is 4. The van der Waals surface area contributed by atoms with Crippen molar-refractivity contribution in [1.29, 1.82) is 0 Å². The molecule has 1 fully saturated rings. The molecule has 2 aromatic rings. The Morgan fingerprint density at radius 3 is 2.65 bits per heavy atom. The number of fused-ring (bicyclic) bond motifs is 1. The molecule has 0 spiro atoms. The normalized spacial score (nSPS) is 17.6. The predicted octanol–water partition coefficient (Wildman–Crippen LogP) is 4.62. The average Bonchev–Trinajstić information content (AvgIpc) is 2.80. The summed E-state index contributed by atoms with van der Waals surface area (Å²) in [4.78, 5) is 4.28. The summed E-state index contributed by atoms with van der Waals surface area (Å²) in [5.41, 5.74) is -0.228. The van der Waals surface area contributed by atoms with Crippen LogP contribution in [0.3, 0.4) is 0 Å². The van der Waals surface area contributed by atoms with Crippen molar-refractivity contribution in [2.75, 3.05) is 16.8 Å². The number of hydrogen-bond donors (Lipinski definition) is 1. The number of alkyl halides is 3. The van der Waals surface area contributed by atoms with E-state index in [0.29, 0.717) is 11.6 Å². The largest absolute Gasteiger partial charge is 0.416 e. The van der Waals surface area contributed by atoms with E-state index in [4.69, 9.17) is 0 Å². The predicted molar refractivity (Wildman–Crippen MR) is 78.6 cm³/mol. The van der Waals surface area contributed by atoms with Crippen molar-refractivity contribution in [2.45, 2.75) is 25.1 Å². The van der Waals surface area contributed by atoms with E-state index in [1.165, 1.54) is 17.4 Å².